The molecule has 2 fully saturated rings. The average Bonchev–Trinajstić information content (AvgIpc) is 3.16. The van der Waals surface area contributed by atoms with Gasteiger partial charge in [0, 0.05) is 30.8 Å². The largest absolute Gasteiger partial charge is 0.339 e. The first kappa shape index (κ1) is 17.0. The molecule has 4 heteroatoms. The van der Waals surface area contributed by atoms with Crippen LogP contribution < -0.4 is 5.32 Å². The zero-order valence-corrected chi connectivity index (χ0v) is 14.9. The van der Waals surface area contributed by atoms with Gasteiger partial charge in [0.05, 0.1) is 5.56 Å². The molecule has 2 aromatic rings. The number of amides is 1. The summed E-state index contributed by atoms with van der Waals surface area (Å²) in [5, 5.41) is 3.45. The summed E-state index contributed by atoms with van der Waals surface area (Å²) in [4.78, 5) is 27.9. The first-order chi connectivity index (χ1) is 12.7. The Kier molecular flexibility index (Phi) is 4.60. The van der Waals surface area contributed by atoms with Crippen molar-refractivity contribution >= 4 is 11.7 Å². The quantitative estimate of drug-likeness (QED) is 0.867. The second-order valence-corrected chi connectivity index (χ2v) is 7.46. The molecule has 134 valence electrons. The third-order valence-electron chi connectivity index (χ3n) is 5.88. The molecule has 26 heavy (non-hydrogen) atoms. The number of hydrogen-bond donors (Lipinski definition) is 1. The van der Waals surface area contributed by atoms with Gasteiger partial charge in [-0.05, 0) is 37.3 Å². The molecule has 2 heterocycles. The minimum absolute atomic E-state index is 0.0225. The number of rotatable bonds is 3. The zero-order chi connectivity index (χ0) is 18.0. The van der Waals surface area contributed by atoms with Crippen molar-refractivity contribution in [1.82, 2.24) is 10.2 Å². The molecule has 0 unspecified atom stereocenters. The maximum atomic E-state index is 13.1. The standard InChI is InChI=1S/C22H24N2O2/c25-20(17-6-2-1-3-7-17)18-8-4-5-9-19(18)21(26)24-14-11-22(12-15-24)10-13-23-16-22/h1-9,23H,10-16H2. The van der Waals surface area contributed by atoms with E-state index >= 15 is 0 Å². The average molecular weight is 348 g/mol. The van der Waals surface area contributed by atoms with Crippen LogP contribution in [0, 0.1) is 5.41 Å². The number of carbonyl (C=O) groups excluding carboxylic acids is 2. The van der Waals surface area contributed by atoms with Crippen LogP contribution in [0.3, 0.4) is 0 Å². The second-order valence-electron chi connectivity index (χ2n) is 7.46. The summed E-state index contributed by atoms with van der Waals surface area (Å²) >= 11 is 0. The number of likely N-dealkylation sites (tertiary alicyclic amines) is 1. The summed E-state index contributed by atoms with van der Waals surface area (Å²) in [6.07, 6.45) is 3.29. The molecule has 1 amide bonds. The molecule has 1 spiro atoms. The lowest BCUT2D eigenvalue weighted by molar-refractivity contribution is 0.0605. The summed E-state index contributed by atoms with van der Waals surface area (Å²) in [5.74, 6) is -0.117. The summed E-state index contributed by atoms with van der Waals surface area (Å²) in [5.41, 5.74) is 1.99. The lowest BCUT2D eigenvalue weighted by Crippen LogP contribution is -2.44. The van der Waals surface area contributed by atoms with Gasteiger partial charge in [-0.3, -0.25) is 9.59 Å². The van der Waals surface area contributed by atoms with Crippen LogP contribution in [0.1, 0.15) is 45.5 Å². The van der Waals surface area contributed by atoms with Gasteiger partial charge in [0.1, 0.15) is 0 Å². The Hall–Kier alpha value is -2.46. The van der Waals surface area contributed by atoms with Crippen LogP contribution in [0.5, 0.6) is 0 Å². The number of benzene rings is 2. The summed E-state index contributed by atoms with van der Waals surface area (Å²) in [6.45, 7) is 3.70. The number of carbonyl (C=O) groups is 2. The Labute approximate surface area is 154 Å². The van der Waals surface area contributed by atoms with Crippen LogP contribution >= 0.6 is 0 Å². The summed E-state index contributed by atoms with van der Waals surface area (Å²) in [7, 11) is 0. The maximum Gasteiger partial charge on any atom is 0.254 e. The van der Waals surface area contributed by atoms with Crippen molar-refractivity contribution < 1.29 is 9.59 Å². The molecular weight excluding hydrogens is 324 g/mol. The molecule has 0 aromatic heterocycles. The fraction of sp³-hybridized carbons (Fsp3) is 0.364. The van der Waals surface area contributed by atoms with Crippen LogP contribution in [-0.4, -0.2) is 42.8 Å². The fourth-order valence-corrected chi connectivity index (χ4v) is 4.19. The smallest absolute Gasteiger partial charge is 0.254 e. The minimum atomic E-state index is -0.0944. The van der Waals surface area contributed by atoms with Gasteiger partial charge in [-0.2, -0.15) is 0 Å². The van der Waals surface area contributed by atoms with Gasteiger partial charge in [-0.25, -0.2) is 0 Å². The number of ketones is 1. The van der Waals surface area contributed by atoms with Gasteiger partial charge in [0.15, 0.2) is 5.78 Å². The van der Waals surface area contributed by atoms with E-state index in [1.165, 1.54) is 6.42 Å². The van der Waals surface area contributed by atoms with Gasteiger partial charge < -0.3 is 10.2 Å². The van der Waals surface area contributed by atoms with Crippen LogP contribution in [0.2, 0.25) is 0 Å². The highest BCUT2D eigenvalue weighted by Gasteiger charge is 2.38. The van der Waals surface area contributed by atoms with Crippen molar-refractivity contribution in [3.05, 3.63) is 71.3 Å². The Morgan fingerprint density at radius 3 is 2.15 bits per heavy atom. The van der Waals surface area contributed by atoms with Gasteiger partial charge >= 0.3 is 0 Å². The van der Waals surface area contributed by atoms with E-state index in [0.717, 1.165) is 39.0 Å². The second kappa shape index (κ2) is 7.04. The van der Waals surface area contributed by atoms with E-state index in [0.29, 0.717) is 22.1 Å². The number of piperidine rings is 1. The van der Waals surface area contributed by atoms with Gasteiger partial charge in [-0.15, -0.1) is 0 Å². The van der Waals surface area contributed by atoms with Crippen molar-refractivity contribution in [3.8, 4) is 0 Å². The highest BCUT2D eigenvalue weighted by molar-refractivity contribution is 6.15. The molecule has 0 radical (unpaired) electrons. The highest BCUT2D eigenvalue weighted by atomic mass is 16.2. The SMILES string of the molecule is O=C(c1ccccc1)c1ccccc1C(=O)N1CCC2(CCNC2)CC1. The molecule has 2 aliphatic rings. The van der Waals surface area contributed by atoms with Crippen LogP contribution in [-0.2, 0) is 0 Å². The van der Waals surface area contributed by atoms with Gasteiger partial charge in [0.2, 0.25) is 0 Å². The Bertz CT molecular complexity index is 800. The van der Waals surface area contributed by atoms with Crippen molar-refractivity contribution in [2.45, 2.75) is 19.3 Å². The van der Waals surface area contributed by atoms with Crippen LogP contribution in [0.4, 0.5) is 0 Å². The van der Waals surface area contributed by atoms with Gasteiger partial charge in [-0.1, -0.05) is 48.5 Å². The lowest BCUT2D eigenvalue weighted by atomic mass is 9.77. The topological polar surface area (TPSA) is 49.4 Å². The highest BCUT2D eigenvalue weighted by Crippen LogP contribution is 2.37. The van der Waals surface area contributed by atoms with E-state index in [1.54, 1.807) is 24.3 Å². The van der Waals surface area contributed by atoms with E-state index in [2.05, 4.69) is 5.32 Å². The number of nitrogens with one attached hydrogen (secondary N) is 1. The van der Waals surface area contributed by atoms with Crippen molar-refractivity contribution in [2.24, 2.45) is 5.41 Å². The molecule has 2 aliphatic heterocycles. The summed E-state index contributed by atoms with van der Waals surface area (Å²) < 4.78 is 0. The molecule has 0 atom stereocenters. The number of hydrogen-bond acceptors (Lipinski definition) is 3. The Morgan fingerprint density at radius 1 is 0.846 bits per heavy atom. The first-order valence-electron chi connectivity index (χ1n) is 9.37. The van der Waals surface area contributed by atoms with E-state index in [1.807, 2.05) is 35.2 Å². The Balaban J connectivity index is 1.55. The van der Waals surface area contributed by atoms with Crippen molar-refractivity contribution in [2.75, 3.05) is 26.2 Å². The molecular formula is C22H24N2O2. The van der Waals surface area contributed by atoms with E-state index < -0.39 is 0 Å². The monoisotopic (exact) mass is 348 g/mol. The molecule has 4 rings (SSSR count). The zero-order valence-electron chi connectivity index (χ0n) is 14.9. The van der Waals surface area contributed by atoms with Crippen molar-refractivity contribution in [1.29, 1.82) is 0 Å². The third kappa shape index (κ3) is 3.17. The predicted molar refractivity (Wildman–Crippen MR) is 101 cm³/mol. The number of nitrogens with zero attached hydrogens (tertiary/aromatic N) is 1. The van der Waals surface area contributed by atoms with Crippen LogP contribution in [0.25, 0.3) is 0 Å². The fourth-order valence-electron chi connectivity index (χ4n) is 4.19. The van der Waals surface area contributed by atoms with Crippen molar-refractivity contribution in [3.63, 3.8) is 0 Å². The molecule has 0 bridgehead atoms. The van der Waals surface area contributed by atoms with E-state index in [4.69, 9.17) is 0 Å². The van der Waals surface area contributed by atoms with E-state index in [-0.39, 0.29) is 11.7 Å². The lowest BCUT2D eigenvalue weighted by Gasteiger charge is -2.39. The molecule has 2 aromatic carbocycles. The van der Waals surface area contributed by atoms with Gasteiger partial charge in [0.25, 0.3) is 5.91 Å². The molecule has 0 saturated carbocycles. The predicted octanol–water partition coefficient (Wildman–Crippen LogP) is 3.13. The maximum absolute atomic E-state index is 13.1. The first-order valence-corrected chi connectivity index (χ1v) is 9.37. The normalized spacial score (nSPS) is 18.8. The third-order valence-corrected chi connectivity index (χ3v) is 5.88. The van der Waals surface area contributed by atoms with E-state index in [9.17, 15) is 9.59 Å². The minimum Gasteiger partial charge on any atom is -0.339 e. The van der Waals surface area contributed by atoms with Crippen LogP contribution in [0.15, 0.2) is 54.6 Å². The molecule has 1 N–H and O–H groups in total. The summed E-state index contributed by atoms with van der Waals surface area (Å²) in [6, 6.07) is 16.4. The molecule has 0 aliphatic carbocycles. The Morgan fingerprint density at radius 2 is 1.50 bits per heavy atom. The molecule has 2 saturated heterocycles. The molecule has 4 nitrogen and oxygen atoms in total.